The molecule has 0 aliphatic rings. The predicted molar refractivity (Wildman–Crippen MR) is 110 cm³/mol. The van der Waals surface area contributed by atoms with Crippen molar-refractivity contribution in [3.63, 3.8) is 0 Å². The molecular weight excluding hydrogens is 420 g/mol. The molecule has 0 radical (unpaired) electrons. The van der Waals surface area contributed by atoms with E-state index in [2.05, 4.69) is 15.9 Å². The van der Waals surface area contributed by atoms with Crippen LogP contribution in [0.3, 0.4) is 0 Å². The van der Waals surface area contributed by atoms with Gasteiger partial charge in [0.15, 0.2) is 18.2 Å². The highest BCUT2D eigenvalue weighted by atomic mass is 79.9. The number of ketones is 2. The van der Waals surface area contributed by atoms with Crippen LogP contribution in [0.25, 0.3) is 0 Å². The summed E-state index contributed by atoms with van der Waals surface area (Å²) in [6.07, 6.45) is 0. The number of carbonyl (C=O) groups excluding carboxylic acids is 3. The Labute approximate surface area is 171 Å². The summed E-state index contributed by atoms with van der Waals surface area (Å²) < 4.78 is 5.94. The molecule has 0 aliphatic carbocycles. The third kappa shape index (κ3) is 4.61. The van der Waals surface area contributed by atoms with E-state index in [4.69, 9.17) is 4.74 Å². The largest absolute Gasteiger partial charge is 0.454 e. The van der Waals surface area contributed by atoms with Gasteiger partial charge >= 0.3 is 5.97 Å². The molecule has 0 spiro atoms. The van der Waals surface area contributed by atoms with Gasteiger partial charge in [0, 0.05) is 21.2 Å². The molecule has 0 heterocycles. The van der Waals surface area contributed by atoms with Crippen molar-refractivity contribution in [1.29, 1.82) is 0 Å². The van der Waals surface area contributed by atoms with E-state index in [0.717, 1.165) is 10.0 Å². The van der Waals surface area contributed by atoms with Crippen molar-refractivity contribution in [2.24, 2.45) is 0 Å². The molecular formula is C23H17BrO4. The molecule has 0 aromatic heterocycles. The number of aryl methyl sites for hydroxylation is 1. The standard InChI is InChI=1S/C23H17BrO4/c1-15-9-11-16(12-10-15)22(26)19-7-2-3-8-20(19)23(27)28-14-21(25)17-5-4-6-18(24)13-17/h2-13H,14H2,1H3. The average Bonchev–Trinajstić information content (AvgIpc) is 2.71. The van der Waals surface area contributed by atoms with Crippen molar-refractivity contribution in [3.8, 4) is 0 Å². The fourth-order valence-corrected chi connectivity index (χ4v) is 3.07. The van der Waals surface area contributed by atoms with Crippen LogP contribution in [-0.4, -0.2) is 24.1 Å². The fraction of sp³-hybridized carbons (Fsp3) is 0.0870. The zero-order chi connectivity index (χ0) is 20.1. The molecule has 3 rings (SSSR count). The molecule has 0 N–H and O–H groups in total. The highest BCUT2D eigenvalue weighted by molar-refractivity contribution is 9.10. The van der Waals surface area contributed by atoms with Crippen molar-refractivity contribution in [2.45, 2.75) is 6.92 Å². The number of hydrogen-bond acceptors (Lipinski definition) is 4. The van der Waals surface area contributed by atoms with E-state index >= 15 is 0 Å². The van der Waals surface area contributed by atoms with Gasteiger partial charge in [0.25, 0.3) is 0 Å². The van der Waals surface area contributed by atoms with Gasteiger partial charge in [-0.2, -0.15) is 0 Å². The van der Waals surface area contributed by atoms with Gasteiger partial charge in [0.05, 0.1) is 5.56 Å². The Hall–Kier alpha value is -3.05. The van der Waals surface area contributed by atoms with E-state index < -0.39 is 12.6 Å². The van der Waals surface area contributed by atoms with E-state index in [1.54, 1.807) is 54.6 Å². The third-order valence-electron chi connectivity index (χ3n) is 4.19. The summed E-state index contributed by atoms with van der Waals surface area (Å²) in [5.41, 5.74) is 2.33. The second-order valence-electron chi connectivity index (χ2n) is 6.25. The maximum atomic E-state index is 12.8. The van der Waals surface area contributed by atoms with E-state index in [1.807, 2.05) is 19.1 Å². The number of ether oxygens (including phenoxy) is 1. The van der Waals surface area contributed by atoms with Gasteiger partial charge in [0.2, 0.25) is 0 Å². The molecule has 0 saturated heterocycles. The highest BCUT2D eigenvalue weighted by Crippen LogP contribution is 2.17. The van der Waals surface area contributed by atoms with Crippen LogP contribution < -0.4 is 0 Å². The molecule has 0 atom stereocenters. The number of rotatable bonds is 6. The van der Waals surface area contributed by atoms with Gasteiger partial charge < -0.3 is 4.74 Å². The average molecular weight is 437 g/mol. The van der Waals surface area contributed by atoms with Crippen LogP contribution in [0.15, 0.2) is 77.3 Å². The Morgan fingerprint density at radius 2 is 1.50 bits per heavy atom. The summed E-state index contributed by atoms with van der Waals surface area (Å²) in [5.74, 6) is -1.30. The Balaban J connectivity index is 1.76. The van der Waals surface area contributed by atoms with Gasteiger partial charge in [-0.3, -0.25) is 9.59 Å². The lowest BCUT2D eigenvalue weighted by Crippen LogP contribution is -2.17. The van der Waals surface area contributed by atoms with Crippen LogP contribution in [0.4, 0.5) is 0 Å². The van der Waals surface area contributed by atoms with E-state index in [9.17, 15) is 14.4 Å². The fourth-order valence-electron chi connectivity index (χ4n) is 2.67. The Morgan fingerprint density at radius 1 is 0.821 bits per heavy atom. The first kappa shape index (κ1) is 19.7. The van der Waals surface area contributed by atoms with Gasteiger partial charge in [-0.05, 0) is 25.1 Å². The van der Waals surface area contributed by atoms with Crippen LogP contribution in [0.2, 0.25) is 0 Å². The molecule has 28 heavy (non-hydrogen) atoms. The van der Waals surface area contributed by atoms with E-state index in [-0.39, 0.29) is 22.7 Å². The first-order valence-electron chi connectivity index (χ1n) is 8.62. The molecule has 0 unspecified atom stereocenters. The minimum atomic E-state index is -0.709. The van der Waals surface area contributed by atoms with Gasteiger partial charge in [-0.25, -0.2) is 4.79 Å². The zero-order valence-electron chi connectivity index (χ0n) is 15.1. The predicted octanol–water partition coefficient (Wildman–Crippen LogP) is 5.03. The van der Waals surface area contributed by atoms with Crippen molar-refractivity contribution in [1.82, 2.24) is 0 Å². The molecule has 140 valence electrons. The first-order chi connectivity index (χ1) is 13.5. The number of hydrogen-bond donors (Lipinski definition) is 0. The molecule has 5 heteroatoms. The van der Waals surface area contributed by atoms with Crippen LogP contribution in [-0.2, 0) is 4.74 Å². The van der Waals surface area contributed by atoms with Gasteiger partial charge in [-0.15, -0.1) is 0 Å². The molecule has 3 aromatic rings. The van der Waals surface area contributed by atoms with Crippen molar-refractivity contribution in [2.75, 3.05) is 6.61 Å². The number of Topliss-reactive ketones (excluding diaryl/α,β-unsaturated/α-hetero) is 1. The minimum absolute atomic E-state index is 0.134. The molecule has 3 aromatic carbocycles. The second-order valence-corrected chi connectivity index (χ2v) is 7.17. The Morgan fingerprint density at radius 3 is 2.18 bits per heavy atom. The van der Waals surface area contributed by atoms with Crippen LogP contribution in [0.1, 0.15) is 42.2 Å². The van der Waals surface area contributed by atoms with E-state index in [0.29, 0.717) is 11.1 Å². The summed E-state index contributed by atoms with van der Waals surface area (Å²) in [4.78, 5) is 37.6. The quantitative estimate of drug-likeness (QED) is 0.401. The third-order valence-corrected chi connectivity index (χ3v) is 4.68. The van der Waals surface area contributed by atoms with Crippen molar-refractivity contribution >= 4 is 33.5 Å². The SMILES string of the molecule is Cc1ccc(C(=O)c2ccccc2C(=O)OCC(=O)c2cccc(Br)c2)cc1. The monoisotopic (exact) mass is 436 g/mol. The van der Waals surface area contributed by atoms with Crippen LogP contribution >= 0.6 is 15.9 Å². The summed E-state index contributed by atoms with van der Waals surface area (Å²) in [5, 5.41) is 0. The summed E-state index contributed by atoms with van der Waals surface area (Å²) in [6, 6.07) is 20.4. The number of benzene rings is 3. The molecule has 0 bridgehead atoms. The van der Waals surface area contributed by atoms with Gasteiger partial charge in [-0.1, -0.05) is 76.1 Å². The topological polar surface area (TPSA) is 60.4 Å². The number of halogens is 1. The highest BCUT2D eigenvalue weighted by Gasteiger charge is 2.20. The van der Waals surface area contributed by atoms with Crippen LogP contribution in [0.5, 0.6) is 0 Å². The normalized spacial score (nSPS) is 10.4. The molecule has 0 amide bonds. The molecule has 0 fully saturated rings. The number of esters is 1. The first-order valence-corrected chi connectivity index (χ1v) is 9.41. The maximum absolute atomic E-state index is 12.8. The molecule has 0 saturated carbocycles. The van der Waals surface area contributed by atoms with E-state index in [1.165, 1.54) is 6.07 Å². The second kappa shape index (κ2) is 8.76. The minimum Gasteiger partial charge on any atom is -0.454 e. The lowest BCUT2D eigenvalue weighted by Gasteiger charge is -2.09. The number of carbonyl (C=O) groups is 3. The Kier molecular flexibility index (Phi) is 6.16. The van der Waals surface area contributed by atoms with Gasteiger partial charge in [0.1, 0.15) is 0 Å². The maximum Gasteiger partial charge on any atom is 0.339 e. The zero-order valence-corrected chi connectivity index (χ0v) is 16.7. The van der Waals surface area contributed by atoms with Crippen LogP contribution in [0, 0.1) is 6.92 Å². The molecule has 4 nitrogen and oxygen atoms in total. The smallest absolute Gasteiger partial charge is 0.339 e. The lowest BCUT2D eigenvalue weighted by molar-refractivity contribution is 0.0473. The molecule has 0 aliphatic heterocycles. The van der Waals surface area contributed by atoms with Crippen molar-refractivity contribution in [3.05, 3.63) is 105 Å². The lowest BCUT2D eigenvalue weighted by atomic mass is 9.98. The summed E-state index contributed by atoms with van der Waals surface area (Å²) in [7, 11) is 0. The summed E-state index contributed by atoms with van der Waals surface area (Å²) >= 11 is 3.30. The summed E-state index contributed by atoms with van der Waals surface area (Å²) in [6.45, 7) is 1.53. The Bertz CT molecular complexity index is 1040. The van der Waals surface area contributed by atoms with Crippen molar-refractivity contribution < 1.29 is 19.1 Å².